The summed E-state index contributed by atoms with van der Waals surface area (Å²) in [6, 6.07) is 8.52. The molecule has 2 aromatic rings. The normalized spacial score (nSPS) is 18.5. The van der Waals surface area contributed by atoms with Crippen molar-refractivity contribution < 1.29 is 4.79 Å². The molecule has 0 spiro atoms. The number of carbonyl (C=O) groups excluding carboxylic acids is 1. The number of hydrogen-bond acceptors (Lipinski definition) is 6. The van der Waals surface area contributed by atoms with Gasteiger partial charge < -0.3 is 20.0 Å². The Bertz CT molecular complexity index is 877. The minimum Gasteiger partial charge on any atom is -0.357 e. The number of hydrogen-bond donors (Lipinski definition) is 1. The molecule has 3 heterocycles. The van der Waals surface area contributed by atoms with E-state index in [9.17, 15) is 4.79 Å². The smallest absolute Gasteiger partial charge is 0.263 e. The van der Waals surface area contributed by atoms with Gasteiger partial charge in [0.1, 0.15) is 11.4 Å². The van der Waals surface area contributed by atoms with Crippen LogP contribution in [0.1, 0.15) is 41.6 Å². The summed E-state index contributed by atoms with van der Waals surface area (Å²) in [5.41, 5.74) is 2.85. The number of piperidine rings is 1. The van der Waals surface area contributed by atoms with Gasteiger partial charge in [0, 0.05) is 38.6 Å². The van der Waals surface area contributed by atoms with E-state index in [0.29, 0.717) is 29.8 Å². The van der Waals surface area contributed by atoms with Gasteiger partial charge in [0.25, 0.3) is 5.91 Å². The van der Waals surface area contributed by atoms with Crippen LogP contribution in [0.4, 0.5) is 17.5 Å². The fourth-order valence-corrected chi connectivity index (χ4v) is 4.20. The molecule has 0 unspecified atom stereocenters. The van der Waals surface area contributed by atoms with Crippen molar-refractivity contribution in [2.75, 3.05) is 61.9 Å². The highest BCUT2D eigenvalue weighted by Gasteiger charge is 2.28. The lowest BCUT2D eigenvalue weighted by Crippen LogP contribution is -2.34. The molecule has 154 valence electrons. The third-order valence-corrected chi connectivity index (χ3v) is 5.97. The summed E-state index contributed by atoms with van der Waals surface area (Å²) >= 11 is 0. The third kappa shape index (κ3) is 4.05. The number of anilines is 3. The average molecular weight is 395 g/mol. The second kappa shape index (κ2) is 8.37. The van der Waals surface area contributed by atoms with Crippen molar-refractivity contribution >= 4 is 23.4 Å². The molecule has 7 nitrogen and oxygen atoms in total. The van der Waals surface area contributed by atoms with Crippen molar-refractivity contribution in [2.24, 2.45) is 0 Å². The lowest BCUT2D eigenvalue weighted by atomic mass is 9.89. The molecule has 1 aromatic carbocycles. The maximum atomic E-state index is 13.4. The first-order chi connectivity index (χ1) is 14.1. The van der Waals surface area contributed by atoms with E-state index in [1.165, 1.54) is 18.4 Å². The lowest BCUT2D eigenvalue weighted by molar-refractivity contribution is 0.0989. The SMILES string of the molecule is CCNc1ncc2c(n1)N(C)CCN(c1cccc(C3CCN(C)CC3)c1)C2=O. The van der Waals surface area contributed by atoms with Gasteiger partial charge in [0.15, 0.2) is 0 Å². The van der Waals surface area contributed by atoms with Gasteiger partial charge in [-0.2, -0.15) is 4.98 Å². The molecular weight excluding hydrogens is 364 g/mol. The number of aromatic nitrogens is 2. The maximum absolute atomic E-state index is 13.4. The number of fused-ring (bicyclic) bond motifs is 1. The average Bonchev–Trinajstić information content (AvgIpc) is 2.86. The Hall–Kier alpha value is -2.67. The number of benzene rings is 1. The Morgan fingerprint density at radius 1 is 1.14 bits per heavy atom. The number of amides is 1. The first kappa shape index (κ1) is 19.6. The molecule has 1 aromatic heterocycles. The van der Waals surface area contributed by atoms with Crippen molar-refractivity contribution in [3.05, 3.63) is 41.6 Å². The van der Waals surface area contributed by atoms with Crippen LogP contribution in [-0.2, 0) is 0 Å². The second-order valence-corrected chi connectivity index (χ2v) is 8.01. The van der Waals surface area contributed by atoms with Crippen LogP contribution in [0, 0.1) is 0 Å². The van der Waals surface area contributed by atoms with Crippen LogP contribution in [0.15, 0.2) is 30.5 Å². The van der Waals surface area contributed by atoms with Crippen LogP contribution in [0.3, 0.4) is 0 Å². The standard InChI is InChI=1S/C22H30N6O/c1-4-23-22-24-15-19-20(25-22)27(3)12-13-28(21(19)29)18-7-5-6-17(14-18)16-8-10-26(2)11-9-16/h5-7,14-16H,4,8-13H2,1-3H3,(H,23,24,25). The molecule has 0 radical (unpaired) electrons. The van der Waals surface area contributed by atoms with Gasteiger partial charge in [0.05, 0.1) is 0 Å². The molecule has 1 N–H and O–H groups in total. The summed E-state index contributed by atoms with van der Waals surface area (Å²) in [6.45, 7) is 6.34. The molecule has 4 rings (SSSR count). The molecule has 2 aliphatic heterocycles. The van der Waals surface area contributed by atoms with Crippen molar-refractivity contribution in [1.82, 2.24) is 14.9 Å². The van der Waals surface area contributed by atoms with Crippen molar-refractivity contribution in [1.29, 1.82) is 0 Å². The Morgan fingerprint density at radius 2 is 1.93 bits per heavy atom. The van der Waals surface area contributed by atoms with Crippen molar-refractivity contribution in [3.63, 3.8) is 0 Å². The van der Waals surface area contributed by atoms with Gasteiger partial charge in [-0.05, 0) is 63.5 Å². The topological polar surface area (TPSA) is 64.6 Å². The summed E-state index contributed by atoms with van der Waals surface area (Å²) in [7, 11) is 4.16. The van der Waals surface area contributed by atoms with Gasteiger partial charge >= 0.3 is 0 Å². The molecule has 7 heteroatoms. The summed E-state index contributed by atoms with van der Waals surface area (Å²) < 4.78 is 0. The summed E-state index contributed by atoms with van der Waals surface area (Å²) in [4.78, 5) is 28.6. The van der Waals surface area contributed by atoms with E-state index in [0.717, 1.165) is 31.9 Å². The van der Waals surface area contributed by atoms with E-state index in [4.69, 9.17) is 0 Å². The van der Waals surface area contributed by atoms with E-state index in [2.05, 4.69) is 45.4 Å². The number of carbonyl (C=O) groups is 1. The number of rotatable bonds is 4. The molecule has 0 bridgehead atoms. The van der Waals surface area contributed by atoms with Gasteiger partial charge in [0.2, 0.25) is 5.95 Å². The fourth-order valence-electron chi connectivity index (χ4n) is 4.20. The van der Waals surface area contributed by atoms with Gasteiger partial charge in [-0.3, -0.25) is 4.79 Å². The quantitative estimate of drug-likeness (QED) is 0.860. The lowest BCUT2D eigenvalue weighted by Gasteiger charge is -2.30. The minimum absolute atomic E-state index is 0.0343. The molecular formula is C22H30N6O. The molecule has 2 aliphatic rings. The van der Waals surface area contributed by atoms with Crippen LogP contribution < -0.4 is 15.1 Å². The van der Waals surface area contributed by atoms with Crippen molar-refractivity contribution in [3.8, 4) is 0 Å². The van der Waals surface area contributed by atoms with E-state index in [1.807, 2.05) is 29.8 Å². The van der Waals surface area contributed by atoms with E-state index in [1.54, 1.807) is 6.20 Å². The molecule has 29 heavy (non-hydrogen) atoms. The molecule has 1 amide bonds. The van der Waals surface area contributed by atoms with Crippen LogP contribution in [0.2, 0.25) is 0 Å². The predicted octanol–water partition coefficient (Wildman–Crippen LogP) is 2.81. The molecule has 0 aliphatic carbocycles. The minimum atomic E-state index is -0.0343. The third-order valence-electron chi connectivity index (χ3n) is 5.97. The summed E-state index contributed by atoms with van der Waals surface area (Å²) in [5.74, 6) is 1.78. The Balaban J connectivity index is 1.62. The highest BCUT2D eigenvalue weighted by molar-refractivity contribution is 6.09. The Morgan fingerprint density at radius 3 is 2.69 bits per heavy atom. The number of nitrogens with one attached hydrogen (secondary N) is 1. The van der Waals surface area contributed by atoms with Crippen LogP contribution in [0.25, 0.3) is 0 Å². The fraction of sp³-hybridized carbons (Fsp3) is 0.500. The highest BCUT2D eigenvalue weighted by atomic mass is 16.2. The maximum Gasteiger partial charge on any atom is 0.263 e. The summed E-state index contributed by atoms with van der Waals surface area (Å²) in [6.07, 6.45) is 3.99. The predicted molar refractivity (Wildman–Crippen MR) is 117 cm³/mol. The molecule has 1 fully saturated rings. The van der Waals surface area contributed by atoms with E-state index in [-0.39, 0.29) is 5.91 Å². The number of nitrogens with zero attached hydrogens (tertiary/aromatic N) is 5. The summed E-state index contributed by atoms with van der Waals surface area (Å²) in [5, 5.41) is 3.13. The van der Waals surface area contributed by atoms with Gasteiger partial charge in [-0.15, -0.1) is 0 Å². The van der Waals surface area contributed by atoms with E-state index >= 15 is 0 Å². The van der Waals surface area contributed by atoms with Gasteiger partial charge in [-0.1, -0.05) is 12.1 Å². The highest BCUT2D eigenvalue weighted by Crippen LogP contribution is 2.32. The molecule has 1 saturated heterocycles. The van der Waals surface area contributed by atoms with Gasteiger partial charge in [-0.25, -0.2) is 4.98 Å². The largest absolute Gasteiger partial charge is 0.357 e. The molecule has 0 atom stereocenters. The Kier molecular flexibility index (Phi) is 5.67. The first-order valence-electron chi connectivity index (χ1n) is 10.5. The van der Waals surface area contributed by atoms with Crippen LogP contribution in [-0.4, -0.2) is 67.6 Å². The van der Waals surface area contributed by atoms with Crippen LogP contribution >= 0.6 is 0 Å². The second-order valence-electron chi connectivity index (χ2n) is 8.01. The van der Waals surface area contributed by atoms with E-state index < -0.39 is 0 Å². The number of likely N-dealkylation sites (N-methyl/N-ethyl adjacent to an activating group) is 1. The number of likely N-dealkylation sites (tertiary alicyclic amines) is 1. The zero-order valence-corrected chi connectivity index (χ0v) is 17.6. The van der Waals surface area contributed by atoms with Crippen molar-refractivity contribution in [2.45, 2.75) is 25.7 Å². The zero-order chi connectivity index (χ0) is 20.4. The zero-order valence-electron chi connectivity index (χ0n) is 17.6. The molecule has 0 saturated carbocycles. The first-order valence-corrected chi connectivity index (χ1v) is 10.5. The van der Waals surface area contributed by atoms with Crippen LogP contribution in [0.5, 0.6) is 0 Å². The Labute approximate surface area is 172 Å². The monoisotopic (exact) mass is 394 g/mol.